The summed E-state index contributed by atoms with van der Waals surface area (Å²) in [4.78, 5) is 10.6. The summed E-state index contributed by atoms with van der Waals surface area (Å²) in [6, 6.07) is -0.891. The quantitative estimate of drug-likeness (QED) is 0.349. The van der Waals surface area contributed by atoms with Crippen LogP contribution in [0.15, 0.2) is 0 Å². The molecule has 0 fully saturated rings. The van der Waals surface area contributed by atoms with Crippen LogP contribution in [0.4, 0.5) is 0 Å². The zero-order valence-corrected chi connectivity index (χ0v) is 8.41. The van der Waals surface area contributed by atoms with E-state index in [4.69, 9.17) is 15.9 Å². The van der Waals surface area contributed by atoms with E-state index >= 15 is 0 Å². The number of rotatable bonds is 6. The number of hydrogen-bond donors (Lipinski definition) is 4. The van der Waals surface area contributed by atoms with Crippen LogP contribution in [0, 0.1) is 5.75 Å². The van der Waals surface area contributed by atoms with Gasteiger partial charge in [0.05, 0.1) is 0 Å². The molecular weight excluding hydrogens is 207 g/mol. The zero-order valence-electron chi connectivity index (χ0n) is 7.51. The first-order valence-electron chi connectivity index (χ1n) is 4.05. The zero-order chi connectivity index (χ0) is 11.0. The molecule has 0 rings (SSSR count). The third-order valence-corrected chi connectivity index (χ3v) is 1.86. The van der Waals surface area contributed by atoms with E-state index in [9.17, 15) is 9.36 Å². The third kappa shape index (κ3) is 5.91. The molecule has 0 saturated heterocycles. The molecule has 0 aliphatic rings. The number of aliphatic carboxylic acids is 1. The normalized spacial score (nSPS) is 14.1. The van der Waals surface area contributed by atoms with E-state index in [0.717, 1.165) is 0 Å². The van der Waals surface area contributed by atoms with Gasteiger partial charge >= 0.3 is 81.8 Å². The van der Waals surface area contributed by atoms with Gasteiger partial charge in [-0.05, 0) is 0 Å². The van der Waals surface area contributed by atoms with E-state index in [1.54, 1.807) is 0 Å². The molecule has 0 aromatic heterocycles. The molecule has 0 amide bonds. The van der Waals surface area contributed by atoms with Crippen molar-refractivity contribution in [3.8, 4) is 5.75 Å². The number of nitrogens with two attached hydrogens (primary N) is 1. The van der Waals surface area contributed by atoms with Crippen LogP contribution >= 0.6 is 7.92 Å². The number of nitrogens with one attached hydrogen (secondary N) is 1. The first-order valence-corrected chi connectivity index (χ1v) is 4.86. The summed E-state index contributed by atoms with van der Waals surface area (Å²) in [5.41, 5.74) is 5.15. The Hall–Kier alpha value is -0.640. The molecule has 0 heterocycles. The Morgan fingerprint density at radius 2 is 2.21 bits per heavy atom. The molecule has 7 heteroatoms. The second-order valence-corrected chi connectivity index (χ2v) is 3.11. The first-order chi connectivity index (χ1) is 6.61. The Bertz CT molecular complexity index is 276. The van der Waals surface area contributed by atoms with Gasteiger partial charge in [-0.3, -0.25) is 0 Å². The van der Waals surface area contributed by atoms with Gasteiger partial charge in [0.2, 0.25) is 0 Å². The Morgan fingerprint density at radius 3 is 2.64 bits per heavy atom. The van der Waals surface area contributed by atoms with Crippen molar-refractivity contribution in [2.24, 2.45) is 5.73 Å². The fraction of sp³-hybridized carbons (Fsp3) is 0.714. The summed E-state index contributed by atoms with van der Waals surface area (Å²) in [5.74, 6) is 1.07. The summed E-state index contributed by atoms with van der Waals surface area (Å²) in [6.45, 7) is 0.0968. The summed E-state index contributed by atoms with van der Waals surface area (Å²) < 4.78 is 9.99. The molecular formula is C7H13N2O4P. The number of carbonyl (C=O) groups is 1. The number of carboxylic acid groups (broad SMARTS) is 1. The van der Waals surface area contributed by atoms with Gasteiger partial charge in [0.25, 0.3) is 0 Å². The van der Waals surface area contributed by atoms with Crippen LogP contribution in [0.25, 0.3) is 0 Å². The molecule has 0 unspecified atom stereocenters. The van der Waals surface area contributed by atoms with E-state index in [-0.39, 0.29) is 19.4 Å². The Balaban J connectivity index is 4.01. The van der Waals surface area contributed by atoms with Crippen LogP contribution in [-0.4, -0.2) is 34.9 Å². The molecule has 0 aliphatic carbocycles. The van der Waals surface area contributed by atoms with E-state index < -0.39 is 26.0 Å². The van der Waals surface area contributed by atoms with E-state index in [1.165, 1.54) is 0 Å². The van der Waals surface area contributed by atoms with Gasteiger partial charge in [0, 0.05) is 0 Å². The molecule has 0 aromatic rings. The van der Waals surface area contributed by atoms with E-state index in [1.807, 2.05) is 0 Å². The van der Waals surface area contributed by atoms with Crippen LogP contribution in [-0.2, 0) is 9.36 Å². The molecule has 0 aliphatic heterocycles. The van der Waals surface area contributed by atoms with Crippen molar-refractivity contribution < 1.29 is 19.6 Å². The molecule has 5 N–H and O–H groups in total. The molecule has 0 spiro atoms. The van der Waals surface area contributed by atoms with Crippen molar-refractivity contribution in [1.29, 1.82) is 0 Å². The second-order valence-electron chi connectivity index (χ2n) is 2.71. The Kier molecular flexibility index (Phi) is 7.38. The van der Waals surface area contributed by atoms with Crippen molar-refractivity contribution in [2.75, 3.05) is 6.54 Å². The Labute approximate surface area is 82.6 Å². The maximum atomic E-state index is 10.6. The van der Waals surface area contributed by atoms with Gasteiger partial charge in [-0.1, -0.05) is 0 Å². The number of aliphatic hydroxyl groups excluding tert-OH is 1. The summed E-state index contributed by atoms with van der Waals surface area (Å²) in [7, 11) is -0.397. The van der Waals surface area contributed by atoms with Crippen molar-refractivity contribution in [3.63, 3.8) is 0 Å². The van der Waals surface area contributed by atoms with Gasteiger partial charge in [0.15, 0.2) is 0 Å². The van der Waals surface area contributed by atoms with Crippen LogP contribution in [0.1, 0.15) is 12.8 Å². The predicted octanol–water partition coefficient (Wildman–Crippen LogP) is -0.663. The maximum absolute atomic E-state index is 10.6. The monoisotopic (exact) mass is 220 g/mol. The molecule has 0 saturated carbocycles. The van der Waals surface area contributed by atoms with Crippen LogP contribution < -0.4 is 11.1 Å². The number of aliphatic hydroxyl groups is 1. The fourth-order valence-corrected chi connectivity index (χ4v) is 1.05. The molecule has 0 radical (unpaired) electrons. The second kappa shape index (κ2) is 7.74. The predicted molar refractivity (Wildman–Crippen MR) is 50.3 cm³/mol. The Morgan fingerprint density at radius 1 is 1.57 bits per heavy atom. The number of hydrogen-bond acceptors (Lipinski definition) is 5. The molecule has 0 bridgehead atoms. The van der Waals surface area contributed by atoms with Crippen molar-refractivity contribution in [3.05, 3.63) is 0 Å². The minimum atomic E-state index is -1.08. The third-order valence-electron chi connectivity index (χ3n) is 1.64. The van der Waals surface area contributed by atoms with Gasteiger partial charge < -0.3 is 0 Å². The van der Waals surface area contributed by atoms with E-state index in [0.29, 0.717) is 0 Å². The summed E-state index contributed by atoms with van der Waals surface area (Å²) >= 11 is 0. The molecule has 0 aromatic carbocycles. The van der Waals surface area contributed by atoms with Gasteiger partial charge in [0.1, 0.15) is 0 Å². The minimum absolute atomic E-state index is 0.0968. The standard InChI is InChI=1S/C7H13N2O4P/c8-3-5(10)1-2-6(7(11)12)9-4-14-13/h5-6,9-10H,1-3,8H2,(H,11,12)/t5-,6+/m1/s1. The fourth-order valence-electron chi connectivity index (χ4n) is 0.839. The SMILES string of the molecule is NC[C@H](O)CC[C@H](NC#P=O)C(=O)O. The molecule has 2 atom stereocenters. The van der Waals surface area contributed by atoms with Crippen molar-refractivity contribution >= 4 is 13.9 Å². The van der Waals surface area contributed by atoms with Crippen molar-refractivity contribution in [2.45, 2.75) is 25.0 Å². The van der Waals surface area contributed by atoms with Gasteiger partial charge in [-0.25, -0.2) is 0 Å². The number of carboxylic acids is 1. The van der Waals surface area contributed by atoms with Gasteiger partial charge in [-0.15, -0.1) is 0 Å². The van der Waals surface area contributed by atoms with Crippen LogP contribution in [0.2, 0.25) is 0 Å². The molecule has 80 valence electrons. The summed E-state index contributed by atoms with van der Waals surface area (Å²) in [5, 5.41) is 20.1. The molecule has 6 nitrogen and oxygen atoms in total. The van der Waals surface area contributed by atoms with Gasteiger partial charge in [-0.2, -0.15) is 0 Å². The topological polar surface area (TPSA) is 113 Å². The van der Waals surface area contributed by atoms with Crippen molar-refractivity contribution in [1.82, 2.24) is 5.32 Å². The first kappa shape index (κ1) is 13.4. The summed E-state index contributed by atoms with van der Waals surface area (Å²) in [6.07, 6.45) is -0.225. The van der Waals surface area contributed by atoms with Crippen LogP contribution in [0.3, 0.4) is 0 Å². The average molecular weight is 220 g/mol. The van der Waals surface area contributed by atoms with Crippen LogP contribution in [0.5, 0.6) is 0 Å². The molecule has 14 heavy (non-hydrogen) atoms. The van der Waals surface area contributed by atoms with E-state index in [2.05, 4.69) is 11.1 Å². The average Bonchev–Trinajstić information content (AvgIpc) is 2.16.